The summed E-state index contributed by atoms with van der Waals surface area (Å²) in [5, 5.41) is 33.3. The molecule has 0 spiro atoms. The van der Waals surface area contributed by atoms with Crippen molar-refractivity contribution in [2.45, 2.75) is 17.5 Å². The molecule has 0 unspecified atom stereocenters. The van der Waals surface area contributed by atoms with E-state index in [1.165, 1.54) is 17.0 Å². The molecular formula is C18H19N3O7. The Morgan fingerprint density at radius 2 is 1.86 bits per heavy atom. The van der Waals surface area contributed by atoms with Gasteiger partial charge in [0, 0.05) is 28.4 Å². The molecule has 3 atom stereocenters. The molecule has 0 saturated carbocycles. The average Bonchev–Trinajstić information content (AvgIpc) is 2.66. The number of hydrogen-bond donors (Lipinski definition) is 1. The standard InChI is InChI=1S/C18H19N3O7/c22-9-8-19-11-17(20(25)26)7-6-16(24)18(12-19,21(27)28)15(17)10-14(23)13-4-2-1-3-5-13/h1-7,15,22H,8-12H2/t15-,17-,18-/m1/s1. The van der Waals surface area contributed by atoms with Crippen LogP contribution < -0.4 is 0 Å². The molecule has 0 radical (unpaired) electrons. The Labute approximate surface area is 159 Å². The van der Waals surface area contributed by atoms with Crippen LogP contribution in [-0.4, -0.2) is 68.7 Å². The van der Waals surface area contributed by atoms with Gasteiger partial charge in [0.15, 0.2) is 5.78 Å². The number of benzene rings is 1. The van der Waals surface area contributed by atoms with Gasteiger partial charge in [-0.1, -0.05) is 30.3 Å². The van der Waals surface area contributed by atoms with Gasteiger partial charge >= 0.3 is 5.54 Å². The Morgan fingerprint density at radius 1 is 1.18 bits per heavy atom. The van der Waals surface area contributed by atoms with E-state index in [4.69, 9.17) is 0 Å². The second kappa shape index (κ2) is 7.21. The Bertz CT molecular complexity index is 856. The molecule has 1 aromatic carbocycles. The highest BCUT2D eigenvalue weighted by molar-refractivity contribution is 6.01. The molecule has 1 saturated heterocycles. The SMILES string of the molecule is O=C(C[C@H]1[C@]2([N+](=O)[O-])CN(CCO)C[C@]1([N+](=O)[O-])C=CC2=O)c1ccccc1. The molecule has 1 N–H and O–H groups in total. The summed E-state index contributed by atoms with van der Waals surface area (Å²) in [5.74, 6) is -2.81. The molecule has 148 valence electrons. The van der Waals surface area contributed by atoms with Crippen LogP contribution in [0.15, 0.2) is 42.5 Å². The number of Topliss-reactive ketones (excluding diaryl/α,β-unsaturated/α-hetero) is 1. The van der Waals surface area contributed by atoms with Gasteiger partial charge in [-0.25, -0.2) is 0 Å². The van der Waals surface area contributed by atoms with E-state index in [0.29, 0.717) is 0 Å². The maximum atomic E-state index is 12.8. The molecule has 0 aromatic heterocycles. The fraction of sp³-hybridized carbons (Fsp3) is 0.444. The van der Waals surface area contributed by atoms with Crippen molar-refractivity contribution >= 4 is 11.6 Å². The first-order valence-corrected chi connectivity index (χ1v) is 8.72. The van der Waals surface area contributed by atoms with Crippen LogP contribution in [-0.2, 0) is 4.79 Å². The van der Waals surface area contributed by atoms with Gasteiger partial charge in [0.1, 0.15) is 5.92 Å². The summed E-state index contributed by atoms with van der Waals surface area (Å²) in [6.07, 6.45) is 1.46. The van der Waals surface area contributed by atoms with Gasteiger partial charge in [0.05, 0.1) is 19.7 Å². The minimum Gasteiger partial charge on any atom is -0.395 e. The smallest absolute Gasteiger partial charge is 0.305 e. The van der Waals surface area contributed by atoms with E-state index in [1.807, 2.05) is 0 Å². The van der Waals surface area contributed by atoms with Crippen molar-refractivity contribution in [3.05, 3.63) is 68.3 Å². The van der Waals surface area contributed by atoms with Crippen molar-refractivity contribution in [2.75, 3.05) is 26.2 Å². The topological polar surface area (TPSA) is 144 Å². The molecule has 1 aromatic rings. The molecule has 1 aliphatic heterocycles. The van der Waals surface area contributed by atoms with Crippen LogP contribution in [0.1, 0.15) is 16.8 Å². The molecular weight excluding hydrogens is 370 g/mol. The predicted octanol–water partition coefficient (Wildman–Crippen LogP) is 0.353. The van der Waals surface area contributed by atoms with Crippen molar-refractivity contribution in [3.63, 3.8) is 0 Å². The van der Waals surface area contributed by atoms with Gasteiger partial charge in [-0.15, -0.1) is 0 Å². The summed E-state index contributed by atoms with van der Waals surface area (Å²) in [6, 6.07) is 7.98. The van der Waals surface area contributed by atoms with Crippen molar-refractivity contribution in [1.82, 2.24) is 4.90 Å². The second-order valence-electron chi connectivity index (χ2n) is 7.11. The molecule has 28 heavy (non-hydrogen) atoms. The number of nitrogens with zero attached hydrogens (tertiary/aromatic N) is 3. The van der Waals surface area contributed by atoms with Gasteiger partial charge < -0.3 is 5.11 Å². The summed E-state index contributed by atoms with van der Waals surface area (Å²) in [4.78, 5) is 49.4. The zero-order valence-electron chi connectivity index (χ0n) is 14.9. The van der Waals surface area contributed by atoms with E-state index in [2.05, 4.69) is 0 Å². The number of β-amino-alcohol motifs (C(OH)–C–C–N with tert-alkyl or cyclic N) is 1. The van der Waals surface area contributed by atoms with Gasteiger partial charge in [0.25, 0.3) is 5.54 Å². The third kappa shape index (κ3) is 2.90. The quantitative estimate of drug-likeness (QED) is 0.400. The average molecular weight is 389 g/mol. The lowest BCUT2D eigenvalue weighted by Gasteiger charge is -2.48. The molecule has 1 fully saturated rings. The van der Waals surface area contributed by atoms with E-state index in [1.54, 1.807) is 18.2 Å². The number of ketones is 2. The zero-order chi connectivity index (χ0) is 20.5. The molecule has 2 bridgehead atoms. The third-order valence-electron chi connectivity index (χ3n) is 5.64. The van der Waals surface area contributed by atoms with Crippen LogP contribution >= 0.6 is 0 Å². The lowest BCUT2D eigenvalue weighted by molar-refractivity contribution is -0.623. The monoisotopic (exact) mass is 389 g/mol. The first-order valence-electron chi connectivity index (χ1n) is 8.72. The molecule has 10 heteroatoms. The molecule has 1 aliphatic carbocycles. The van der Waals surface area contributed by atoms with Crippen molar-refractivity contribution < 1.29 is 24.5 Å². The highest BCUT2D eigenvalue weighted by atomic mass is 16.6. The number of fused-ring (bicyclic) bond motifs is 2. The number of nitro groups is 2. The number of carbonyl (C=O) groups excluding carboxylic acids is 2. The fourth-order valence-electron chi connectivity index (χ4n) is 4.26. The number of carbonyl (C=O) groups is 2. The van der Waals surface area contributed by atoms with Crippen molar-refractivity contribution in [2.24, 2.45) is 5.92 Å². The molecule has 1 heterocycles. The van der Waals surface area contributed by atoms with E-state index in [0.717, 1.165) is 12.2 Å². The molecule has 10 nitrogen and oxygen atoms in total. The highest BCUT2D eigenvalue weighted by Gasteiger charge is 2.74. The Kier molecular flexibility index (Phi) is 5.09. The summed E-state index contributed by atoms with van der Waals surface area (Å²) in [7, 11) is 0. The van der Waals surface area contributed by atoms with E-state index in [-0.39, 0.29) is 25.3 Å². The lowest BCUT2D eigenvalue weighted by atomic mass is 9.60. The molecule has 2 aliphatic rings. The van der Waals surface area contributed by atoms with E-state index < -0.39 is 51.4 Å². The van der Waals surface area contributed by atoms with Gasteiger partial charge in [-0.3, -0.25) is 34.7 Å². The fourth-order valence-corrected chi connectivity index (χ4v) is 4.26. The number of aliphatic hydroxyl groups is 1. The largest absolute Gasteiger partial charge is 0.395 e. The first kappa shape index (κ1) is 19.8. The van der Waals surface area contributed by atoms with Crippen LogP contribution in [0.25, 0.3) is 0 Å². The number of hydrogen-bond acceptors (Lipinski definition) is 8. The summed E-state index contributed by atoms with van der Waals surface area (Å²) in [6.45, 7) is -1.04. The molecule has 3 rings (SSSR count). The minimum atomic E-state index is -2.32. The normalized spacial score (nSPS) is 29.5. The first-order chi connectivity index (χ1) is 13.3. The predicted molar refractivity (Wildman–Crippen MR) is 96.0 cm³/mol. The summed E-state index contributed by atoms with van der Waals surface area (Å²) in [5.41, 5.74) is -4.02. The number of aliphatic hydroxyl groups excluding tert-OH is 1. The number of likely N-dealkylation sites (tertiary alicyclic amines) is 1. The number of rotatable bonds is 7. The third-order valence-corrected chi connectivity index (χ3v) is 5.64. The van der Waals surface area contributed by atoms with Crippen LogP contribution in [0, 0.1) is 26.1 Å². The van der Waals surface area contributed by atoms with Gasteiger partial charge in [-0.05, 0) is 12.2 Å². The minimum absolute atomic E-state index is 0.0499. The Balaban J connectivity index is 2.12. The highest BCUT2D eigenvalue weighted by Crippen LogP contribution is 2.46. The maximum absolute atomic E-state index is 12.8. The van der Waals surface area contributed by atoms with Gasteiger partial charge in [-0.2, -0.15) is 0 Å². The number of piperidine rings is 1. The Morgan fingerprint density at radius 3 is 2.43 bits per heavy atom. The van der Waals surface area contributed by atoms with Crippen LogP contribution in [0.2, 0.25) is 0 Å². The Hall–Kier alpha value is -2.98. The van der Waals surface area contributed by atoms with E-state index in [9.17, 15) is 34.9 Å². The summed E-state index contributed by atoms with van der Waals surface area (Å²) < 4.78 is 0. The van der Waals surface area contributed by atoms with Crippen LogP contribution in [0.3, 0.4) is 0 Å². The summed E-state index contributed by atoms with van der Waals surface area (Å²) >= 11 is 0. The van der Waals surface area contributed by atoms with E-state index >= 15 is 0 Å². The van der Waals surface area contributed by atoms with Crippen molar-refractivity contribution in [3.8, 4) is 0 Å². The molecule has 0 amide bonds. The maximum Gasteiger partial charge on any atom is 0.305 e. The van der Waals surface area contributed by atoms with Gasteiger partial charge in [0.2, 0.25) is 5.78 Å². The van der Waals surface area contributed by atoms with Crippen molar-refractivity contribution in [1.29, 1.82) is 0 Å². The van der Waals surface area contributed by atoms with Crippen LogP contribution in [0.4, 0.5) is 0 Å². The lowest BCUT2D eigenvalue weighted by Crippen LogP contribution is -2.75. The zero-order valence-corrected chi connectivity index (χ0v) is 14.9. The second-order valence-corrected chi connectivity index (χ2v) is 7.11. The van der Waals surface area contributed by atoms with Crippen LogP contribution in [0.5, 0.6) is 0 Å².